The van der Waals surface area contributed by atoms with Crippen LogP contribution in [0.15, 0.2) is 35.1 Å². The molecule has 6 heteroatoms. The molecule has 1 aromatic carbocycles. The first-order chi connectivity index (χ1) is 10.7. The molecular weight excluding hydrogens is 282 g/mol. The number of amides is 1. The summed E-state index contributed by atoms with van der Waals surface area (Å²) in [7, 11) is 0. The molecule has 0 N–H and O–H groups in total. The van der Waals surface area contributed by atoms with Gasteiger partial charge in [0.25, 0.3) is 5.91 Å². The third kappa shape index (κ3) is 2.74. The van der Waals surface area contributed by atoms with Crippen molar-refractivity contribution in [3.8, 4) is 0 Å². The Balaban J connectivity index is 1.85. The Labute approximate surface area is 129 Å². The molecule has 1 saturated heterocycles. The zero-order chi connectivity index (χ0) is 15.5. The van der Waals surface area contributed by atoms with Gasteiger partial charge in [-0.25, -0.2) is 0 Å². The van der Waals surface area contributed by atoms with Gasteiger partial charge in [0.05, 0.1) is 18.9 Å². The molecule has 0 aliphatic carbocycles. The molecule has 116 valence electrons. The average molecular weight is 301 g/mol. The Bertz CT molecular complexity index is 621. The van der Waals surface area contributed by atoms with Crippen molar-refractivity contribution in [3.63, 3.8) is 0 Å². The number of hydrogen-bond acceptors (Lipinski definition) is 5. The van der Waals surface area contributed by atoms with Crippen LogP contribution in [0.4, 0.5) is 11.4 Å². The average Bonchev–Trinajstić information content (AvgIpc) is 2.56. The SMILES string of the molecule is Cc1cc(N=O)ccc1N1CCC=C(N2CCOCC2)C1=O. The van der Waals surface area contributed by atoms with Gasteiger partial charge in [-0.05, 0) is 42.3 Å². The predicted octanol–water partition coefficient (Wildman–Crippen LogP) is 2.35. The molecule has 1 fully saturated rings. The second kappa shape index (κ2) is 6.27. The molecule has 6 nitrogen and oxygen atoms in total. The maximum Gasteiger partial charge on any atom is 0.274 e. The summed E-state index contributed by atoms with van der Waals surface area (Å²) in [5.74, 6) is 0.0167. The number of ether oxygens (including phenoxy) is 1. The minimum Gasteiger partial charge on any atom is -0.378 e. The number of nitroso groups, excluding NO2 is 1. The third-order valence-corrected chi connectivity index (χ3v) is 4.08. The van der Waals surface area contributed by atoms with E-state index in [9.17, 15) is 9.70 Å². The fraction of sp³-hybridized carbons (Fsp3) is 0.438. The molecule has 22 heavy (non-hydrogen) atoms. The van der Waals surface area contributed by atoms with Gasteiger partial charge in [-0.1, -0.05) is 6.08 Å². The lowest BCUT2D eigenvalue weighted by Gasteiger charge is -2.36. The molecular formula is C16H19N3O3. The molecule has 2 aliphatic rings. The van der Waals surface area contributed by atoms with Crippen molar-refractivity contribution >= 4 is 17.3 Å². The van der Waals surface area contributed by atoms with Gasteiger partial charge in [-0.15, -0.1) is 4.91 Å². The van der Waals surface area contributed by atoms with Gasteiger partial charge in [0.1, 0.15) is 5.69 Å². The van der Waals surface area contributed by atoms with Crippen molar-refractivity contribution in [2.45, 2.75) is 13.3 Å². The number of carbonyl (C=O) groups excluding carboxylic acids is 1. The van der Waals surface area contributed by atoms with Gasteiger partial charge >= 0.3 is 0 Å². The van der Waals surface area contributed by atoms with E-state index in [4.69, 9.17) is 4.74 Å². The van der Waals surface area contributed by atoms with E-state index in [-0.39, 0.29) is 5.91 Å². The number of nitrogens with zero attached hydrogens (tertiary/aromatic N) is 3. The zero-order valence-corrected chi connectivity index (χ0v) is 12.6. The van der Waals surface area contributed by atoms with Crippen LogP contribution in [0, 0.1) is 11.8 Å². The molecule has 0 aromatic heterocycles. The van der Waals surface area contributed by atoms with Crippen LogP contribution in [0.2, 0.25) is 0 Å². The molecule has 2 heterocycles. The highest BCUT2D eigenvalue weighted by Gasteiger charge is 2.28. The fourth-order valence-electron chi connectivity index (χ4n) is 2.96. The fourth-order valence-corrected chi connectivity index (χ4v) is 2.96. The summed E-state index contributed by atoms with van der Waals surface area (Å²) in [5, 5.41) is 2.94. The Hall–Kier alpha value is -2.21. The number of aryl methyl sites for hydroxylation is 1. The van der Waals surface area contributed by atoms with Gasteiger partial charge < -0.3 is 14.5 Å². The van der Waals surface area contributed by atoms with Crippen molar-refractivity contribution in [2.24, 2.45) is 5.18 Å². The van der Waals surface area contributed by atoms with E-state index in [0.717, 1.165) is 36.5 Å². The maximum atomic E-state index is 12.8. The second-order valence-electron chi connectivity index (χ2n) is 5.50. The first-order valence-corrected chi connectivity index (χ1v) is 7.49. The highest BCUT2D eigenvalue weighted by Crippen LogP contribution is 2.29. The van der Waals surface area contributed by atoms with Crippen LogP contribution in [0.5, 0.6) is 0 Å². The van der Waals surface area contributed by atoms with E-state index in [0.29, 0.717) is 25.4 Å². The van der Waals surface area contributed by atoms with E-state index in [1.54, 1.807) is 23.1 Å². The highest BCUT2D eigenvalue weighted by molar-refractivity contribution is 6.06. The Morgan fingerprint density at radius 1 is 1.18 bits per heavy atom. The zero-order valence-electron chi connectivity index (χ0n) is 12.6. The van der Waals surface area contributed by atoms with E-state index >= 15 is 0 Å². The van der Waals surface area contributed by atoms with Crippen LogP contribution in [0.1, 0.15) is 12.0 Å². The monoisotopic (exact) mass is 301 g/mol. The normalized spacial score (nSPS) is 19.1. The molecule has 0 saturated carbocycles. The minimum absolute atomic E-state index is 0.0167. The standard InChI is InChI=1S/C16H19N3O3/c1-12-11-13(17-21)4-5-14(12)19-6-2-3-15(16(19)20)18-7-9-22-10-8-18/h3-5,11H,2,6-10H2,1H3. The molecule has 0 radical (unpaired) electrons. The molecule has 1 aromatic rings. The summed E-state index contributed by atoms with van der Waals surface area (Å²) < 4.78 is 5.35. The van der Waals surface area contributed by atoms with Crippen LogP contribution in [0.25, 0.3) is 0 Å². The summed E-state index contributed by atoms with van der Waals surface area (Å²) in [4.78, 5) is 27.3. The number of morpholine rings is 1. The molecule has 0 bridgehead atoms. The van der Waals surface area contributed by atoms with E-state index in [2.05, 4.69) is 10.1 Å². The quantitative estimate of drug-likeness (QED) is 0.804. The Morgan fingerprint density at radius 2 is 1.95 bits per heavy atom. The van der Waals surface area contributed by atoms with Gasteiger partial charge in [0, 0.05) is 25.3 Å². The summed E-state index contributed by atoms with van der Waals surface area (Å²) in [6.45, 7) is 5.36. The van der Waals surface area contributed by atoms with E-state index in [1.807, 2.05) is 13.0 Å². The first kappa shape index (κ1) is 14.7. The predicted molar refractivity (Wildman–Crippen MR) is 84.1 cm³/mol. The highest BCUT2D eigenvalue weighted by atomic mass is 16.5. The first-order valence-electron chi connectivity index (χ1n) is 7.49. The number of benzene rings is 1. The van der Waals surface area contributed by atoms with Crippen molar-refractivity contribution in [2.75, 3.05) is 37.7 Å². The molecule has 0 spiro atoms. The summed E-state index contributed by atoms with van der Waals surface area (Å²) in [5.41, 5.74) is 2.87. The minimum atomic E-state index is 0.0167. The lowest BCUT2D eigenvalue weighted by molar-refractivity contribution is -0.117. The van der Waals surface area contributed by atoms with Gasteiger partial charge in [0.2, 0.25) is 0 Å². The van der Waals surface area contributed by atoms with Crippen molar-refractivity contribution in [1.29, 1.82) is 0 Å². The number of rotatable bonds is 3. The molecule has 0 atom stereocenters. The van der Waals surface area contributed by atoms with Crippen LogP contribution in [-0.4, -0.2) is 43.7 Å². The smallest absolute Gasteiger partial charge is 0.274 e. The Kier molecular flexibility index (Phi) is 4.20. The van der Waals surface area contributed by atoms with Gasteiger partial charge in [-0.2, -0.15) is 0 Å². The molecule has 2 aliphatic heterocycles. The number of carbonyl (C=O) groups is 1. The Morgan fingerprint density at radius 3 is 2.64 bits per heavy atom. The van der Waals surface area contributed by atoms with Crippen LogP contribution in [-0.2, 0) is 9.53 Å². The number of hydrogen-bond donors (Lipinski definition) is 0. The van der Waals surface area contributed by atoms with Gasteiger partial charge in [-0.3, -0.25) is 4.79 Å². The maximum absolute atomic E-state index is 12.8. The summed E-state index contributed by atoms with van der Waals surface area (Å²) in [6, 6.07) is 5.16. The van der Waals surface area contributed by atoms with E-state index < -0.39 is 0 Å². The van der Waals surface area contributed by atoms with Crippen LogP contribution < -0.4 is 4.90 Å². The van der Waals surface area contributed by atoms with Crippen molar-refractivity contribution in [3.05, 3.63) is 40.4 Å². The molecule has 0 unspecified atom stereocenters. The largest absolute Gasteiger partial charge is 0.378 e. The third-order valence-electron chi connectivity index (χ3n) is 4.08. The summed E-state index contributed by atoms with van der Waals surface area (Å²) >= 11 is 0. The second-order valence-corrected chi connectivity index (χ2v) is 5.50. The van der Waals surface area contributed by atoms with E-state index in [1.165, 1.54) is 0 Å². The topological polar surface area (TPSA) is 62.2 Å². The lowest BCUT2D eigenvalue weighted by Crippen LogP contribution is -2.45. The molecule has 3 rings (SSSR count). The van der Waals surface area contributed by atoms with Crippen LogP contribution in [0.3, 0.4) is 0 Å². The molecule has 1 amide bonds. The number of anilines is 1. The van der Waals surface area contributed by atoms with Crippen molar-refractivity contribution < 1.29 is 9.53 Å². The van der Waals surface area contributed by atoms with Crippen LogP contribution >= 0.6 is 0 Å². The van der Waals surface area contributed by atoms with Crippen molar-refractivity contribution in [1.82, 2.24) is 4.90 Å². The van der Waals surface area contributed by atoms with Gasteiger partial charge in [0.15, 0.2) is 0 Å². The summed E-state index contributed by atoms with van der Waals surface area (Å²) in [6.07, 6.45) is 2.84. The lowest BCUT2D eigenvalue weighted by atomic mass is 10.1.